The van der Waals surface area contributed by atoms with Crippen LogP contribution in [-0.4, -0.2) is 4.43 Å². The van der Waals surface area contributed by atoms with Crippen molar-refractivity contribution in [1.29, 1.82) is 0 Å². The van der Waals surface area contributed by atoms with E-state index in [1.54, 1.807) is 0 Å². The standard InChI is InChI=1S/C19H31I/c20-18-14-9-7-5-3-1-2-4-6-8-11-15-19-16-12-10-13-17-19/h10,12-13,16-17H,1-9,11,14-15,18H2. The van der Waals surface area contributed by atoms with Gasteiger partial charge in [0.25, 0.3) is 0 Å². The van der Waals surface area contributed by atoms with Gasteiger partial charge in [-0.1, -0.05) is 111 Å². The van der Waals surface area contributed by atoms with Crippen molar-refractivity contribution in [3.05, 3.63) is 35.9 Å². The third-order valence-electron chi connectivity index (χ3n) is 3.94. The maximum Gasteiger partial charge on any atom is -0.000473 e. The molecule has 0 heterocycles. The largest absolute Gasteiger partial charge is 0.0864 e. The highest BCUT2D eigenvalue weighted by atomic mass is 127. The molecule has 20 heavy (non-hydrogen) atoms. The monoisotopic (exact) mass is 386 g/mol. The van der Waals surface area contributed by atoms with E-state index >= 15 is 0 Å². The highest BCUT2D eigenvalue weighted by Gasteiger charge is 1.94. The van der Waals surface area contributed by atoms with Gasteiger partial charge in [0.05, 0.1) is 0 Å². The lowest BCUT2D eigenvalue weighted by molar-refractivity contribution is 0.550. The van der Waals surface area contributed by atoms with E-state index in [-0.39, 0.29) is 0 Å². The topological polar surface area (TPSA) is 0 Å². The van der Waals surface area contributed by atoms with Crippen LogP contribution in [0.1, 0.15) is 76.2 Å². The van der Waals surface area contributed by atoms with Crippen molar-refractivity contribution in [2.75, 3.05) is 4.43 Å². The van der Waals surface area contributed by atoms with E-state index in [2.05, 4.69) is 52.9 Å². The number of alkyl halides is 1. The summed E-state index contributed by atoms with van der Waals surface area (Å²) >= 11 is 2.48. The number of aryl methyl sites for hydroxylation is 1. The molecule has 0 aliphatic heterocycles. The minimum atomic E-state index is 1.26. The van der Waals surface area contributed by atoms with E-state index in [9.17, 15) is 0 Å². The van der Waals surface area contributed by atoms with Crippen LogP contribution in [0.4, 0.5) is 0 Å². The lowest BCUT2D eigenvalue weighted by Crippen LogP contribution is -1.86. The molecule has 0 aromatic heterocycles. The molecule has 1 aromatic rings. The Morgan fingerprint density at radius 3 is 1.50 bits per heavy atom. The Kier molecular flexibility index (Phi) is 12.5. The van der Waals surface area contributed by atoms with E-state index in [0.29, 0.717) is 0 Å². The molecule has 0 unspecified atom stereocenters. The first kappa shape index (κ1) is 18.0. The molecule has 1 aromatic carbocycles. The summed E-state index contributed by atoms with van der Waals surface area (Å²) in [6, 6.07) is 10.9. The second-order valence-electron chi connectivity index (χ2n) is 5.81. The van der Waals surface area contributed by atoms with Gasteiger partial charge in [-0.15, -0.1) is 0 Å². The number of rotatable bonds is 13. The molecule has 0 aliphatic carbocycles. The molecule has 0 spiro atoms. The fraction of sp³-hybridized carbons (Fsp3) is 0.684. The molecule has 0 fully saturated rings. The minimum absolute atomic E-state index is 1.26. The predicted octanol–water partition coefficient (Wildman–Crippen LogP) is 6.96. The number of halogens is 1. The average molecular weight is 386 g/mol. The fourth-order valence-corrected chi connectivity index (χ4v) is 3.20. The van der Waals surface area contributed by atoms with Gasteiger partial charge in [-0.25, -0.2) is 0 Å². The van der Waals surface area contributed by atoms with Crippen molar-refractivity contribution < 1.29 is 0 Å². The van der Waals surface area contributed by atoms with Crippen molar-refractivity contribution in [3.63, 3.8) is 0 Å². The molecule has 1 rings (SSSR count). The summed E-state index contributed by atoms with van der Waals surface area (Å²) in [5.74, 6) is 0. The SMILES string of the molecule is ICCCCCCCCCCCCCc1ccccc1. The smallest absolute Gasteiger partial charge is 0.000473 e. The summed E-state index contributed by atoms with van der Waals surface area (Å²) in [5.41, 5.74) is 1.50. The molecular formula is C19H31I. The van der Waals surface area contributed by atoms with E-state index in [1.807, 2.05) is 0 Å². The Bertz CT molecular complexity index is 294. The Morgan fingerprint density at radius 1 is 0.550 bits per heavy atom. The van der Waals surface area contributed by atoms with Crippen molar-refractivity contribution in [1.82, 2.24) is 0 Å². The Balaban J connectivity index is 1.77. The maximum atomic E-state index is 2.48. The Morgan fingerprint density at radius 2 is 1.00 bits per heavy atom. The van der Waals surface area contributed by atoms with E-state index < -0.39 is 0 Å². The lowest BCUT2D eigenvalue weighted by Gasteiger charge is -2.03. The van der Waals surface area contributed by atoms with Gasteiger partial charge in [-0.05, 0) is 29.3 Å². The zero-order valence-corrected chi connectivity index (χ0v) is 15.1. The van der Waals surface area contributed by atoms with Gasteiger partial charge in [0.15, 0.2) is 0 Å². The maximum absolute atomic E-state index is 2.48. The van der Waals surface area contributed by atoms with E-state index in [1.165, 1.54) is 87.0 Å². The van der Waals surface area contributed by atoms with Crippen molar-refractivity contribution in [3.8, 4) is 0 Å². The van der Waals surface area contributed by atoms with Crippen molar-refractivity contribution in [2.24, 2.45) is 0 Å². The molecule has 1 heteroatoms. The normalized spacial score (nSPS) is 10.8. The first-order chi connectivity index (χ1) is 9.93. The van der Waals surface area contributed by atoms with Gasteiger partial charge >= 0.3 is 0 Å². The van der Waals surface area contributed by atoms with Crippen molar-refractivity contribution in [2.45, 2.75) is 77.0 Å². The molecule has 0 saturated carbocycles. The van der Waals surface area contributed by atoms with Crippen LogP contribution < -0.4 is 0 Å². The number of hydrogen-bond donors (Lipinski definition) is 0. The fourth-order valence-electron chi connectivity index (χ4n) is 2.66. The zero-order chi connectivity index (χ0) is 14.3. The highest BCUT2D eigenvalue weighted by molar-refractivity contribution is 14.1. The summed E-state index contributed by atoms with van der Waals surface area (Å²) in [6.45, 7) is 0. The van der Waals surface area contributed by atoms with Crippen LogP contribution in [0.3, 0.4) is 0 Å². The summed E-state index contributed by atoms with van der Waals surface area (Å²) < 4.78 is 1.33. The Labute approximate surface area is 139 Å². The number of hydrogen-bond acceptors (Lipinski definition) is 0. The predicted molar refractivity (Wildman–Crippen MR) is 99.8 cm³/mol. The van der Waals surface area contributed by atoms with E-state index in [4.69, 9.17) is 0 Å². The molecule has 0 N–H and O–H groups in total. The van der Waals surface area contributed by atoms with Crippen LogP contribution in [0, 0.1) is 0 Å². The summed E-state index contributed by atoms with van der Waals surface area (Å²) in [4.78, 5) is 0. The van der Waals surface area contributed by atoms with Crippen LogP contribution >= 0.6 is 22.6 Å². The molecule has 114 valence electrons. The van der Waals surface area contributed by atoms with Crippen LogP contribution in [-0.2, 0) is 6.42 Å². The lowest BCUT2D eigenvalue weighted by atomic mass is 10.0. The van der Waals surface area contributed by atoms with Crippen LogP contribution in [0.25, 0.3) is 0 Å². The molecule has 0 radical (unpaired) electrons. The van der Waals surface area contributed by atoms with Crippen LogP contribution in [0.2, 0.25) is 0 Å². The summed E-state index contributed by atoms with van der Waals surface area (Å²) in [5, 5.41) is 0. The number of unbranched alkanes of at least 4 members (excludes halogenated alkanes) is 10. The van der Waals surface area contributed by atoms with Crippen LogP contribution in [0.15, 0.2) is 30.3 Å². The first-order valence-electron chi connectivity index (χ1n) is 8.53. The number of benzene rings is 1. The molecule has 0 saturated heterocycles. The van der Waals surface area contributed by atoms with Gasteiger partial charge in [0, 0.05) is 0 Å². The quantitative estimate of drug-likeness (QED) is 0.195. The first-order valence-corrected chi connectivity index (χ1v) is 10.1. The van der Waals surface area contributed by atoms with Crippen molar-refractivity contribution >= 4 is 22.6 Å². The molecule has 0 aliphatic rings. The molecule has 0 amide bonds. The van der Waals surface area contributed by atoms with Gasteiger partial charge in [-0.2, -0.15) is 0 Å². The van der Waals surface area contributed by atoms with Crippen LogP contribution in [0.5, 0.6) is 0 Å². The minimum Gasteiger partial charge on any atom is -0.0864 e. The Hall–Kier alpha value is -0.0500. The van der Waals surface area contributed by atoms with Gasteiger partial charge < -0.3 is 0 Å². The summed E-state index contributed by atoms with van der Waals surface area (Å²) in [7, 11) is 0. The molecule has 0 bridgehead atoms. The second kappa shape index (κ2) is 13.9. The average Bonchev–Trinajstić information content (AvgIpc) is 2.49. The summed E-state index contributed by atoms with van der Waals surface area (Å²) in [6.07, 6.45) is 17.1. The van der Waals surface area contributed by atoms with Gasteiger partial charge in [0.2, 0.25) is 0 Å². The highest BCUT2D eigenvalue weighted by Crippen LogP contribution is 2.13. The zero-order valence-electron chi connectivity index (χ0n) is 13.0. The third kappa shape index (κ3) is 10.7. The molecule has 0 nitrogen and oxygen atoms in total. The van der Waals surface area contributed by atoms with Gasteiger partial charge in [0.1, 0.15) is 0 Å². The molecule has 0 atom stereocenters. The van der Waals surface area contributed by atoms with E-state index in [0.717, 1.165) is 0 Å². The van der Waals surface area contributed by atoms with Gasteiger partial charge in [-0.3, -0.25) is 0 Å². The molecular weight excluding hydrogens is 355 g/mol. The third-order valence-corrected chi connectivity index (χ3v) is 4.70. The second-order valence-corrected chi connectivity index (χ2v) is 6.89.